The number of ether oxygens (including phenoxy) is 1. The lowest BCUT2D eigenvalue weighted by Gasteiger charge is -2.11. The first kappa shape index (κ1) is 20.4. The van der Waals surface area contributed by atoms with Crippen molar-refractivity contribution in [3.63, 3.8) is 0 Å². The van der Waals surface area contributed by atoms with Gasteiger partial charge in [0, 0.05) is 24.2 Å². The van der Waals surface area contributed by atoms with Crippen LogP contribution >= 0.6 is 0 Å². The van der Waals surface area contributed by atoms with Gasteiger partial charge in [0.05, 0.1) is 23.1 Å². The van der Waals surface area contributed by atoms with Crippen molar-refractivity contribution in [2.75, 3.05) is 11.9 Å². The first-order valence-corrected chi connectivity index (χ1v) is 9.25. The Hall–Kier alpha value is -3.31. The van der Waals surface area contributed by atoms with E-state index in [1.54, 1.807) is 0 Å². The highest BCUT2D eigenvalue weighted by Crippen LogP contribution is 2.31. The van der Waals surface area contributed by atoms with E-state index in [1.807, 2.05) is 48.5 Å². The number of H-pyrrole nitrogens is 1. The number of carbonyl (C=O) groups is 1. The zero-order valence-electron chi connectivity index (χ0n) is 15.7. The van der Waals surface area contributed by atoms with Crippen LogP contribution in [-0.2, 0) is 4.79 Å². The van der Waals surface area contributed by atoms with Crippen LogP contribution in [0.2, 0.25) is 0 Å². The molecule has 3 aromatic carbocycles. The van der Waals surface area contributed by atoms with Crippen molar-refractivity contribution in [3.8, 4) is 5.75 Å². The maximum atomic E-state index is 10.5. The fourth-order valence-electron chi connectivity index (χ4n) is 3.24. The highest BCUT2D eigenvalue weighted by Gasteiger charge is 2.13. The van der Waals surface area contributed by atoms with Crippen molar-refractivity contribution in [2.24, 2.45) is 0 Å². The summed E-state index contributed by atoms with van der Waals surface area (Å²) in [5.74, 6) is -0.0743. The van der Waals surface area contributed by atoms with Gasteiger partial charge >= 0.3 is 5.97 Å². The molecule has 5 nitrogen and oxygen atoms in total. The van der Waals surface area contributed by atoms with Gasteiger partial charge in [0.25, 0.3) is 0 Å². The molecule has 148 valence electrons. The van der Waals surface area contributed by atoms with Crippen molar-refractivity contribution in [1.82, 2.24) is 0 Å². The molecule has 0 saturated heterocycles. The predicted octanol–water partition coefficient (Wildman–Crippen LogP) is 1.80. The number of carboxylic acid groups (broad SMARTS) is 1. The average Bonchev–Trinajstić information content (AvgIpc) is 2.72. The van der Waals surface area contributed by atoms with Crippen LogP contribution in [0.1, 0.15) is 12.8 Å². The second-order valence-electron chi connectivity index (χ2n) is 6.59. The van der Waals surface area contributed by atoms with Crippen LogP contribution in [0, 0.1) is 0 Å². The van der Waals surface area contributed by atoms with E-state index < -0.39 is 5.97 Å². The number of nitrogens with one attached hydrogen (secondary N) is 2. The highest BCUT2D eigenvalue weighted by molar-refractivity contribution is 6.05. The molecule has 1 heterocycles. The Morgan fingerprint density at radius 1 is 0.897 bits per heavy atom. The number of aromatic amines is 1. The number of benzene rings is 3. The molecule has 3 N–H and O–H groups in total. The van der Waals surface area contributed by atoms with Gasteiger partial charge in [-0.3, -0.25) is 4.79 Å². The summed E-state index contributed by atoms with van der Waals surface area (Å²) in [4.78, 5) is 14.0. The average molecular weight is 409 g/mol. The fraction of sp³-hybridized carbons (Fsp3) is 0.130. The maximum Gasteiger partial charge on any atom is 0.303 e. The van der Waals surface area contributed by atoms with Crippen LogP contribution < -0.4 is 27.4 Å². The monoisotopic (exact) mass is 408 g/mol. The van der Waals surface area contributed by atoms with Crippen LogP contribution in [0.15, 0.2) is 72.8 Å². The van der Waals surface area contributed by atoms with E-state index in [0.29, 0.717) is 13.0 Å². The largest absolute Gasteiger partial charge is 1.00 e. The van der Waals surface area contributed by atoms with Crippen molar-refractivity contribution in [1.29, 1.82) is 0 Å². The van der Waals surface area contributed by atoms with Gasteiger partial charge < -0.3 is 27.6 Å². The number of anilines is 2. The molecule has 0 bridgehead atoms. The number of hydrogen-bond acceptors (Lipinski definition) is 3. The molecule has 1 aromatic heterocycles. The molecule has 0 fully saturated rings. The van der Waals surface area contributed by atoms with Crippen LogP contribution in [-0.4, -0.2) is 17.7 Å². The number of hydrogen-bond donors (Lipinski definition) is 2. The van der Waals surface area contributed by atoms with Gasteiger partial charge in [-0.15, -0.1) is 0 Å². The predicted molar refractivity (Wildman–Crippen MR) is 110 cm³/mol. The summed E-state index contributed by atoms with van der Waals surface area (Å²) in [5, 5.41) is 14.5. The molecule has 0 unspecified atom stereocenters. The second kappa shape index (κ2) is 9.26. The topological polar surface area (TPSA) is 72.7 Å². The minimum atomic E-state index is -0.803. The molecular formula is C23H21ClN2O3. The summed E-state index contributed by atoms with van der Waals surface area (Å²) < 4.78 is 5.61. The van der Waals surface area contributed by atoms with Crippen molar-refractivity contribution < 1.29 is 32.0 Å². The van der Waals surface area contributed by atoms with Gasteiger partial charge in [-0.05, 0) is 42.8 Å². The highest BCUT2D eigenvalue weighted by atomic mass is 35.5. The molecule has 0 aliphatic heterocycles. The summed E-state index contributed by atoms with van der Waals surface area (Å²) in [7, 11) is 0. The molecule has 0 amide bonds. The maximum absolute atomic E-state index is 10.5. The number of fused-ring (bicyclic) bond motifs is 2. The van der Waals surface area contributed by atoms with E-state index in [1.165, 1.54) is 0 Å². The van der Waals surface area contributed by atoms with E-state index in [4.69, 9.17) is 9.84 Å². The Morgan fingerprint density at radius 2 is 1.48 bits per heavy atom. The molecule has 0 radical (unpaired) electrons. The third-order valence-corrected chi connectivity index (χ3v) is 4.59. The lowest BCUT2D eigenvalue weighted by atomic mass is 10.1. The van der Waals surface area contributed by atoms with Gasteiger partial charge in [0.2, 0.25) is 11.0 Å². The van der Waals surface area contributed by atoms with Crippen LogP contribution in [0.25, 0.3) is 21.8 Å². The Kier molecular flexibility index (Phi) is 6.52. The van der Waals surface area contributed by atoms with E-state index >= 15 is 0 Å². The third kappa shape index (κ3) is 4.76. The normalized spacial score (nSPS) is 10.5. The van der Waals surface area contributed by atoms with E-state index in [2.05, 4.69) is 34.6 Å². The number of para-hydroxylation sites is 2. The molecule has 29 heavy (non-hydrogen) atoms. The molecule has 0 atom stereocenters. The number of aliphatic carboxylic acids is 1. The molecule has 0 aliphatic carbocycles. The number of rotatable bonds is 7. The van der Waals surface area contributed by atoms with Gasteiger partial charge in [0.1, 0.15) is 5.75 Å². The van der Waals surface area contributed by atoms with Gasteiger partial charge in [-0.2, -0.15) is 0 Å². The van der Waals surface area contributed by atoms with Crippen molar-refractivity contribution in [3.05, 3.63) is 72.8 Å². The molecule has 4 aromatic rings. The molecule has 4 rings (SSSR count). The molecule has 0 spiro atoms. The molecular weight excluding hydrogens is 388 g/mol. The minimum absolute atomic E-state index is 0. The summed E-state index contributed by atoms with van der Waals surface area (Å²) in [5.41, 5.74) is 4.16. The van der Waals surface area contributed by atoms with E-state index in [9.17, 15) is 4.79 Å². The van der Waals surface area contributed by atoms with Crippen LogP contribution in [0.5, 0.6) is 5.75 Å². The zero-order chi connectivity index (χ0) is 19.3. The van der Waals surface area contributed by atoms with Crippen molar-refractivity contribution >= 4 is 39.1 Å². The molecule has 0 saturated carbocycles. The summed E-state index contributed by atoms with van der Waals surface area (Å²) in [6, 6.07) is 24.2. The Balaban J connectivity index is 0.00000240. The second-order valence-corrected chi connectivity index (χ2v) is 6.59. The molecule has 0 aliphatic rings. The van der Waals surface area contributed by atoms with E-state index in [-0.39, 0.29) is 18.8 Å². The zero-order valence-corrected chi connectivity index (χ0v) is 16.4. The lowest BCUT2D eigenvalue weighted by molar-refractivity contribution is -0.310. The lowest BCUT2D eigenvalue weighted by Crippen LogP contribution is -3.00. The minimum Gasteiger partial charge on any atom is -1.00 e. The number of carboxylic acids is 1. The summed E-state index contributed by atoms with van der Waals surface area (Å²) in [6.07, 6.45) is 0.610. The van der Waals surface area contributed by atoms with Gasteiger partial charge in [0.15, 0.2) is 0 Å². The van der Waals surface area contributed by atoms with Gasteiger partial charge in [-0.1, -0.05) is 24.3 Å². The summed E-state index contributed by atoms with van der Waals surface area (Å²) in [6.45, 7) is 0.392. The fourth-order valence-corrected chi connectivity index (χ4v) is 3.24. The first-order chi connectivity index (χ1) is 13.7. The SMILES string of the molecule is O=C(O)CCCOc1ccc(Nc2c3ccccc3[nH+]c3ccccc23)cc1.[Cl-]. The van der Waals surface area contributed by atoms with E-state index in [0.717, 1.165) is 38.9 Å². The Morgan fingerprint density at radius 3 is 2.07 bits per heavy atom. The summed E-state index contributed by atoms with van der Waals surface area (Å²) >= 11 is 0. The standard InChI is InChI=1S/C23H20N2O3.ClH/c26-22(27)10-5-15-28-17-13-11-16(12-14-17)24-23-18-6-1-3-8-20(18)25-21-9-4-2-7-19(21)23;/h1-4,6-9,11-14H,5,10,15H2,(H,24,25)(H,26,27);1H. The Bertz CT molecular complexity index is 1080. The van der Waals surface area contributed by atoms with Crippen molar-refractivity contribution in [2.45, 2.75) is 12.8 Å². The Labute approximate surface area is 174 Å². The first-order valence-electron chi connectivity index (χ1n) is 9.25. The number of aromatic nitrogens is 1. The number of pyridine rings is 1. The van der Waals surface area contributed by atoms with Crippen LogP contribution in [0.4, 0.5) is 11.4 Å². The van der Waals surface area contributed by atoms with Crippen LogP contribution in [0.3, 0.4) is 0 Å². The molecule has 6 heteroatoms. The number of halogens is 1. The third-order valence-electron chi connectivity index (χ3n) is 4.59. The van der Waals surface area contributed by atoms with Gasteiger partial charge in [-0.25, -0.2) is 4.98 Å². The smallest absolute Gasteiger partial charge is 0.303 e. The quantitative estimate of drug-likeness (QED) is 0.361.